The van der Waals surface area contributed by atoms with Crippen molar-refractivity contribution in [3.8, 4) is 17.2 Å². The average molecular weight is 522 g/mol. The number of anilines is 1. The molecule has 0 aliphatic carbocycles. The predicted octanol–water partition coefficient (Wildman–Crippen LogP) is 4.06. The van der Waals surface area contributed by atoms with Crippen LogP contribution >= 0.6 is 0 Å². The number of likely N-dealkylation sites (tertiary alicyclic amines) is 2. The maximum absolute atomic E-state index is 12.8. The lowest BCUT2D eigenvalue weighted by molar-refractivity contribution is -0.125. The van der Waals surface area contributed by atoms with Crippen LogP contribution < -0.4 is 5.32 Å². The third kappa shape index (κ3) is 4.63. The van der Waals surface area contributed by atoms with Crippen LogP contribution in [-0.2, 0) is 9.53 Å². The number of nitrogens with one attached hydrogen (secondary N) is 2. The van der Waals surface area contributed by atoms with E-state index in [1.165, 1.54) is 6.08 Å². The summed E-state index contributed by atoms with van der Waals surface area (Å²) < 4.78 is 5.67. The molecule has 10 nitrogen and oxygen atoms in total. The summed E-state index contributed by atoms with van der Waals surface area (Å²) in [5, 5.41) is 15.2. The molecule has 0 spiro atoms. The van der Waals surface area contributed by atoms with E-state index >= 15 is 0 Å². The van der Waals surface area contributed by atoms with Crippen molar-refractivity contribution in [2.75, 3.05) is 31.5 Å². The van der Waals surface area contributed by atoms with Gasteiger partial charge in [-0.15, -0.1) is 0 Å². The number of nitriles is 1. The highest BCUT2D eigenvalue weighted by atomic mass is 16.6. The molecule has 0 saturated carbocycles. The van der Waals surface area contributed by atoms with Crippen LogP contribution in [0.5, 0.6) is 0 Å². The zero-order valence-corrected chi connectivity index (χ0v) is 21.3. The Morgan fingerprint density at radius 2 is 1.97 bits per heavy atom. The smallest absolute Gasteiger partial charge is 0.410 e. The second kappa shape index (κ2) is 10.1. The van der Waals surface area contributed by atoms with Gasteiger partial charge in [0.25, 0.3) is 0 Å². The summed E-state index contributed by atoms with van der Waals surface area (Å²) in [6.45, 7) is 5.51. The number of para-hydroxylation sites is 1. The molecule has 1 unspecified atom stereocenters. The van der Waals surface area contributed by atoms with Crippen molar-refractivity contribution in [1.82, 2.24) is 24.8 Å². The maximum atomic E-state index is 12.8. The van der Waals surface area contributed by atoms with Crippen molar-refractivity contribution in [1.29, 1.82) is 5.26 Å². The first kappa shape index (κ1) is 24.4. The van der Waals surface area contributed by atoms with Gasteiger partial charge < -0.3 is 24.8 Å². The van der Waals surface area contributed by atoms with E-state index in [-0.39, 0.29) is 24.1 Å². The minimum absolute atomic E-state index is 0.00596. The zero-order chi connectivity index (χ0) is 26.9. The third-order valence-corrected chi connectivity index (χ3v) is 7.43. The van der Waals surface area contributed by atoms with Gasteiger partial charge in [-0.25, -0.2) is 9.78 Å². The molecule has 2 atom stereocenters. The lowest BCUT2D eigenvalue weighted by atomic mass is 9.97. The lowest BCUT2D eigenvalue weighted by Gasteiger charge is -2.20. The molecule has 2 N–H and O–H groups in total. The minimum atomic E-state index is -0.367. The van der Waals surface area contributed by atoms with E-state index in [1.807, 2.05) is 36.5 Å². The van der Waals surface area contributed by atoms with Crippen molar-refractivity contribution in [2.45, 2.75) is 25.0 Å². The molecule has 5 heterocycles. The Kier molecular flexibility index (Phi) is 6.32. The van der Waals surface area contributed by atoms with Crippen molar-refractivity contribution in [2.24, 2.45) is 0 Å². The number of benzene rings is 1. The zero-order valence-electron chi connectivity index (χ0n) is 21.3. The Morgan fingerprint density at radius 1 is 1.13 bits per heavy atom. The van der Waals surface area contributed by atoms with E-state index in [4.69, 9.17) is 4.74 Å². The van der Waals surface area contributed by atoms with Gasteiger partial charge in [-0.1, -0.05) is 24.8 Å². The fourth-order valence-electron chi connectivity index (χ4n) is 5.45. The van der Waals surface area contributed by atoms with Gasteiger partial charge in [0.1, 0.15) is 18.0 Å². The molecule has 0 radical (unpaired) electrons. The van der Waals surface area contributed by atoms with Crippen LogP contribution in [0, 0.1) is 11.3 Å². The Bertz CT molecular complexity index is 1640. The van der Waals surface area contributed by atoms with Gasteiger partial charge in [-0.05, 0) is 24.6 Å². The fraction of sp³-hybridized carbons (Fsp3) is 0.276. The molecule has 2 aliphatic heterocycles. The Morgan fingerprint density at radius 3 is 2.82 bits per heavy atom. The van der Waals surface area contributed by atoms with Gasteiger partial charge >= 0.3 is 6.09 Å². The molecular formula is C29H27N7O3. The van der Waals surface area contributed by atoms with Gasteiger partial charge in [0.05, 0.1) is 23.8 Å². The quantitative estimate of drug-likeness (QED) is 0.379. The van der Waals surface area contributed by atoms with Gasteiger partial charge in [-0.3, -0.25) is 9.78 Å². The highest BCUT2D eigenvalue weighted by Gasteiger charge is 2.32. The molecule has 10 heteroatoms. The summed E-state index contributed by atoms with van der Waals surface area (Å²) >= 11 is 0. The Labute approximate surface area is 224 Å². The number of pyridine rings is 2. The first-order valence-corrected chi connectivity index (χ1v) is 12.9. The van der Waals surface area contributed by atoms with Gasteiger partial charge in [0.15, 0.2) is 0 Å². The molecule has 2 saturated heterocycles. The van der Waals surface area contributed by atoms with Crippen LogP contribution in [0.1, 0.15) is 18.4 Å². The molecule has 196 valence electrons. The van der Waals surface area contributed by atoms with E-state index in [1.54, 1.807) is 22.2 Å². The number of carbonyl (C=O) groups excluding carboxylic acids is 2. The topological polar surface area (TPSA) is 127 Å². The summed E-state index contributed by atoms with van der Waals surface area (Å²) in [7, 11) is 0. The third-order valence-electron chi connectivity index (χ3n) is 7.43. The van der Waals surface area contributed by atoms with E-state index in [2.05, 4.69) is 32.9 Å². The summed E-state index contributed by atoms with van der Waals surface area (Å²) in [5.41, 5.74) is 3.91. The van der Waals surface area contributed by atoms with Gasteiger partial charge in [-0.2, -0.15) is 5.26 Å². The molecule has 39 heavy (non-hydrogen) atoms. The minimum Gasteiger partial charge on any atom is -0.444 e. The van der Waals surface area contributed by atoms with Gasteiger partial charge in [0, 0.05) is 71.9 Å². The molecule has 1 aromatic carbocycles. The second-order valence-corrected chi connectivity index (χ2v) is 9.85. The Hall–Kier alpha value is -4.91. The van der Waals surface area contributed by atoms with Crippen LogP contribution in [0.25, 0.3) is 32.9 Å². The first-order chi connectivity index (χ1) is 19.0. The SMILES string of the molecule is C=CC(=O)N1CCC(OC(=O)N2CC[C@@H](Nc3cc4c(-c5c[nH]c6ccccc56)c(C#N)cnc4cn3)C2)C1. The summed E-state index contributed by atoms with van der Waals surface area (Å²) in [4.78, 5) is 40.2. The number of nitrogens with zero attached hydrogens (tertiary/aromatic N) is 5. The fourth-order valence-corrected chi connectivity index (χ4v) is 5.45. The molecule has 2 aliphatic rings. The average Bonchev–Trinajstić information content (AvgIpc) is 3.72. The number of ether oxygens (including phenoxy) is 1. The molecule has 3 aromatic heterocycles. The highest BCUT2D eigenvalue weighted by molar-refractivity contribution is 6.06. The van der Waals surface area contributed by atoms with Crippen LogP contribution in [-0.4, -0.2) is 75.1 Å². The monoisotopic (exact) mass is 521 g/mol. The normalized spacial score (nSPS) is 18.8. The van der Waals surface area contributed by atoms with E-state index in [9.17, 15) is 14.9 Å². The van der Waals surface area contributed by atoms with Crippen molar-refractivity contribution in [3.05, 3.63) is 67.1 Å². The number of amides is 2. The van der Waals surface area contributed by atoms with Crippen LogP contribution in [0.15, 0.2) is 61.6 Å². The summed E-state index contributed by atoms with van der Waals surface area (Å²) in [6.07, 6.45) is 7.19. The summed E-state index contributed by atoms with van der Waals surface area (Å²) in [6, 6.07) is 12.2. The molecule has 0 bridgehead atoms. The standard InChI is InChI=1S/C29H27N7O3/c1-2-27(37)35-10-8-20(17-35)39-29(38)36-9-7-19(16-36)34-26-11-22-25(15-33-26)31-13-18(12-30)28(22)23-14-32-24-6-4-3-5-21(23)24/h2-6,11,13-15,19-20,32H,1,7-10,16-17H2,(H,33,34)/t19-,20?/m1/s1. The number of aromatic nitrogens is 3. The van der Waals surface area contributed by atoms with Gasteiger partial charge in [0.2, 0.25) is 5.91 Å². The molecule has 2 fully saturated rings. The van der Waals surface area contributed by atoms with E-state index < -0.39 is 0 Å². The van der Waals surface area contributed by atoms with E-state index in [0.717, 1.165) is 33.8 Å². The largest absolute Gasteiger partial charge is 0.444 e. The van der Waals surface area contributed by atoms with Crippen molar-refractivity contribution < 1.29 is 14.3 Å². The maximum Gasteiger partial charge on any atom is 0.410 e. The number of hydrogen-bond acceptors (Lipinski definition) is 7. The number of aromatic amines is 1. The predicted molar refractivity (Wildman–Crippen MR) is 147 cm³/mol. The number of H-pyrrole nitrogens is 1. The van der Waals surface area contributed by atoms with Crippen LogP contribution in [0.2, 0.25) is 0 Å². The number of fused-ring (bicyclic) bond motifs is 2. The van der Waals surface area contributed by atoms with Crippen molar-refractivity contribution in [3.63, 3.8) is 0 Å². The number of hydrogen-bond donors (Lipinski definition) is 2. The van der Waals surface area contributed by atoms with Crippen LogP contribution in [0.4, 0.5) is 10.6 Å². The Balaban J connectivity index is 1.19. The molecule has 4 aromatic rings. The van der Waals surface area contributed by atoms with Crippen LogP contribution in [0.3, 0.4) is 0 Å². The van der Waals surface area contributed by atoms with Crippen molar-refractivity contribution >= 4 is 39.6 Å². The second-order valence-electron chi connectivity index (χ2n) is 9.85. The number of carbonyl (C=O) groups is 2. The first-order valence-electron chi connectivity index (χ1n) is 12.9. The lowest BCUT2D eigenvalue weighted by Crippen LogP contribution is -2.36. The summed E-state index contributed by atoms with van der Waals surface area (Å²) in [5.74, 6) is 0.502. The molecular weight excluding hydrogens is 494 g/mol. The highest BCUT2D eigenvalue weighted by Crippen LogP contribution is 2.36. The molecule has 6 rings (SSSR count). The molecule has 2 amide bonds. The van der Waals surface area contributed by atoms with E-state index in [0.29, 0.717) is 49.5 Å². The number of rotatable bonds is 5.